The number of ether oxygens (including phenoxy) is 2. The first kappa shape index (κ1) is 13.8. The first-order chi connectivity index (χ1) is 8.75. The zero-order valence-electron chi connectivity index (χ0n) is 11.3. The molecule has 0 aromatic rings. The average molecular weight is 255 g/mol. The molecule has 0 aromatic carbocycles. The van der Waals surface area contributed by atoms with Gasteiger partial charge in [-0.25, -0.2) is 0 Å². The van der Waals surface area contributed by atoms with E-state index >= 15 is 0 Å². The molecule has 2 aliphatic heterocycles. The van der Waals surface area contributed by atoms with Crippen molar-refractivity contribution in [2.24, 2.45) is 11.8 Å². The third kappa shape index (κ3) is 4.25. The molecule has 0 radical (unpaired) electrons. The van der Waals surface area contributed by atoms with Crippen molar-refractivity contribution in [3.63, 3.8) is 0 Å². The van der Waals surface area contributed by atoms with Crippen LogP contribution in [0.4, 0.5) is 0 Å². The highest BCUT2D eigenvalue weighted by Gasteiger charge is 2.23. The lowest BCUT2D eigenvalue weighted by Gasteiger charge is -2.27. The van der Waals surface area contributed by atoms with Gasteiger partial charge in [-0.2, -0.15) is 0 Å². The molecule has 0 aliphatic carbocycles. The van der Waals surface area contributed by atoms with Crippen LogP contribution in [0.3, 0.4) is 0 Å². The Hall–Kier alpha value is -0.610. The maximum Gasteiger partial charge on any atom is 0.306 e. The maximum absolute atomic E-state index is 11.8. The van der Waals surface area contributed by atoms with Crippen molar-refractivity contribution in [1.82, 2.24) is 5.32 Å². The van der Waals surface area contributed by atoms with Gasteiger partial charge in [-0.15, -0.1) is 0 Å². The van der Waals surface area contributed by atoms with Crippen molar-refractivity contribution in [2.45, 2.75) is 45.1 Å². The standard InChI is InChI=1S/C14H25NO3/c1-11(12-4-2-6-15-9-12)8-14(16)18-10-13-5-3-7-17-13/h11-13,15H,2-10H2,1H3. The van der Waals surface area contributed by atoms with E-state index in [1.807, 2.05) is 0 Å². The lowest BCUT2D eigenvalue weighted by molar-refractivity contribution is -0.148. The molecule has 2 heterocycles. The topological polar surface area (TPSA) is 47.6 Å². The van der Waals surface area contributed by atoms with Crippen LogP contribution in [-0.2, 0) is 14.3 Å². The Kier molecular flexibility index (Phi) is 5.45. The van der Waals surface area contributed by atoms with Gasteiger partial charge in [-0.3, -0.25) is 4.79 Å². The fourth-order valence-corrected chi connectivity index (χ4v) is 2.81. The van der Waals surface area contributed by atoms with Gasteiger partial charge in [0.2, 0.25) is 0 Å². The van der Waals surface area contributed by atoms with Crippen molar-refractivity contribution >= 4 is 5.97 Å². The average Bonchev–Trinajstić information content (AvgIpc) is 2.90. The van der Waals surface area contributed by atoms with Crippen molar-refractivity contribution in [2.75, 3.05) is 26.3 Å². The zero-order valence-corrected chi connectivity index (χ0v) is 11.3. The minimum atomic E-state index is -0.0661. The predicted octanol–water partition coefficient (Wildman–Crippen LogP) is 1.73. The SMILES string of the molecule is CC(CC(=O)OCC1CCCO1)C1CCCNC1. The molecule has 0 bridgehead atoms. The first-order valence-electron chi connectivity index (χ1n) is 7.23. The summed E-state index contributed by atoms with van der Waals surface area (Å²) in [5.41, 5.74) is 0. The minimum Gasteiger partial charge on any atom is -0.463 e. The maximum atomic E-state index is 11.8. The van der Waals surface area contributed by atoms with Gasteiger partial charge in [0.15, 0.2) is 0 Å². The monoisotopic (exact) mass is 255 g/mol. The van der Waals surface area contributed by atoms with Gasteiger partial charge in [0.05, 0.1) is 6.10 Å². The molecule has 4 heteroatoms. The van der Waals surface area contributed by atoms with Crippen LogP contribution in [0.25, 0.3) is 0 Å². The van der Waals surface area contributed by atoms with E-state index < -0.39 is 0 Å². The second-order valence-corrected chi connectivity index (χ2v) is 5.61. The molecule has 2 rings (SSSR count). The van der Waals surface area contributed by atoms with Gasteiger partial charge in [0.25, 0.3) is 0 Å². The second-order valence-electron chi connectivity index (χ2n) is 5.61. The van der Waals surface area contributed by atoms with Crippen LogP contribution in [-0.4, -0.2) is 38.4 Å². The van der Waals surface area contributed by atoms with E-state index in [4.69, 9.17) is 9.47 Å². The molecular weight excluding hydrogens is 230 g/mol. The summed E-state index contributed by atoms with van der Waals surface area (Å²) in [6.45, 7) is 5.57. The third-order valence-corrected chi connectivity index (χ3v) is 4.08. The lowest BCUT2D eigenvalue weighted by Crippen LogP contribution is -2.34. The summed E-state index contributed by atoms with van der Waals surface area (Å²) >= 11 is 0. The molecule has 2 saturated heterocycles. The van der Waals surface area contributed by atoms with Crippen LogP contribution in [0.5, 0.6) is 0 Å². The van der Waals surface area contributed by atoms with Gasteiger partial charge in [0, 0.05) is 13.0 Å². The van der Waals surface area contributed by atoms with Gasteiger partial charge in [0.1, 0.15) is 6.61 Å². The number of carbonyl (C=O) groups excluding carboxylic acids is 1. The predicted molar refractivity (Wildman–Crippen MR) is 69.3 cm³/mol. The van der Waals surface area contributed by atoms with Crippen LogP contribution < -0.4 is 5.32 Å². The summed E-state index contributed by atoms with van der Waals surface area (Å²) in [5.74, 6) is 0.965. The van der Waals surface area contributed by atoms with Gasteiger partial charge >= 0.3 is 5.97 Å². The highest BCUT2D eigenvalue weighted by molar-refractivity contribution is 5.69. The van der Waals surface area contributed by atoms with Gasteiger partial charge < -0.3 is 14.8 Å². The third-order valence-electron chi connectivity index (χ3n) is 4.08. The van der Waals surface area contributed by atoms with Gasteiger partial charge in [-0.1, -0.05) is 6.92 Å². The smallest absolute Gasteiger partial charge is 0.306 e. The van der Waals surface area contributed by atoms with E-state index in [2.05, 4.69) is 12.2 Å². The highest BCUT2D eigenvalue weighted by atomic mass is 16.6. The van der Waals surface area contributed by atoms with Crippen molar-refractivity contribution in [3.05, 3.63) is 0 Å². The number of carbonyl (C=O) groups is 1. The Balaban J connectivity index is 1.62. The molecule has 0 saturated carbocycles. The van der Waals surface area contributed by atoms with Crippen LogP contribution in [0.15, 0.2) is 0 Å². The highest BCUT2D eigenvalue weighted by Crippen LogP contribution is 2.23. The molecule has 1 N–H and O–H groups in total. The summed E-state index contributed by atoms with van der Waals surface area (Å²) in [7, 11) is 0. The fourth-order valence-electron chi connectivity index (χ4n) is 2.81. The fraction of sp³-hybridized carbons (Fsp3) is 0.929. The number of nitrogens with one attached hydrogen (secondary N) is 1. The molecular formula is C14H25NO3. The Labute approximate surface area is 109 Å². The number of esters is 1. The number of hydrogen-bond acceptors (Lipinski definition) is 4. The van der Waals surface area contributed by atoms with E-state index in [0.717, 1.165) is 32.5 Å². The molecule has 0 aromatic heterocycles. The lowest BCUT2D eigenvalue weighted by atomic mass is 9.85. The molecule has 18 heavy (non-hydrogen) atoms. The van der Waals surface area contributed by atoms with Crippen LogP contribution in [0.1, 0.15) is 39.0 Å². The van der Waals surface area contributed by atoms with Crippen LogP contribution in [0, 0.1) is 11.8 Å². The normalized spacial score (nSPS) is 30.1. The summed E-state index contributed by atoms with van der Waals surface area (Å²) < 4.78 is 10.7. The molecule has 3 atom stereocenters. The van der Waals surface area contributed by atoms with Crippen LogP contribution in [0.2, 0.25) is 0 Å². The van der Waals surface area contributed by atoms with Crippen molar-refractivity contribution < 1.29 is 14.3 Å². The second kappa shape index (κ2) is 7.10. The van der Waals surface area contributed by atoms with E-state index in [9.17, 15) is 4.79 Å². The number of rotatable bonds is 5. The molecule has 0 amide bonds. The zero-order chi connectivity index (χ0) is 12.8. The summed E-state index contributed by atoms with van der Waals surface area (Å²) in [6.07, 6.45) is 5.24. The summed E-state index contributed by atoms with van der Waals surface area (Å²) in [4.78, 5) is 11.8. The van der Waals surface area contributed by atoms with Crippen molar-refractivity contribution in [3.8, 4) is 0 Å². The Morgan fingerprint density at radius 1 is 1.44 bits per heavy atom. The number of hydrogen-bond donors (Lipinski definition) is 1. The Morgan fingerprint density at radius 3 is 3.00 bits per heavy atom. The molecule has 104 valence electrons. The molecule has 3 unspecified atom stereocenters. The van der Waals surface area contributed by atoms with E-state index in [1.54, 1.807) is 0 Å². The quantitative estimate of drug-likeness (QED) is 0.760. The minimum absolute atomic E-state index is 0.0661. The number of piperidine rings is 1. The van der Waals surface area contributed by atoms with Gasteiger partial charge in [-0.05, 0) is 50.6 Å². The largest absolute Gasteiger partial charge is 0.463 e. The molecule has 2 fully saturated rings. The summed E-state index contributed by atoms with van der Waals surface area (Å²) in [5, 5.41) is 3.39. The summed E-state index contributed by atoms with van der Waals surface area (Å²) in [6, 6.07) is 0. The Bertz CT molecular complexity index is 258. The van der Waals surface area contributed by atoms with E-state index in [-0.39, 0.29) is 12.1 Å². The molecule has 4 nitrogen and oxygen atoms in total. The van der Waals surface area contributed by atoms with E-state index in [0.29, 0.717) is 24.9 Å². The molecule has 2 aliphatic rings. The van der Waals surface area contributed by atoms with Crippen LogP contribution >= 0.6 is 0 Å². The van der Waals surface area contributed by atoms with Crippen molar-refractivity contribution in [1.29, 1.82) is 0 Å². The Morgan fingerprint density at radius 2 is 2.33 bits per heavy atom. The van der Waals surface area contributed by atoms with E-state index in [1.165, 1.54) is 12.8 Å². The first-order valence-corrected chi connectivity index (χ1v) is 7.23. The molecule has 0 spiro atoms.